The summed E-state index contributed by atoms with van der Waals surface area (Å²) in [5.74, 6) is 0.0693. The Bertz CT molecular complexity index is 657. The van der Waals surface area contributed by atoms with E-state index in [1.165, 1.54) is 12.1 Å². The molecule has 5 nitrogen and oxygen atoms in total. The molecule has 6 heteroatoms. The lowest BCUT2D eigenvalue weighted by atomic mass is 9.88. The second kappa shape index (κ2) is 7.57. The number of H-pyrrole nitrogens is 1. The molecule has 2 aromatic rings. The number of rotatable bonds is 5. The number of ether oxygens (including phenoxy) is 1. The van der Waals surface area contributed by atoms with E-state index in [-0.39, 0.29) is 23.7 Å². The fraction of sp³-hybridized carbons (Fsp3) is 0.444. The van der Waals surface area contributed by atoms with Gasteiger partial charge >= 0.3 is 0 Å². The summed E-state index contributed by atoms with van der Waals surface area (Å²) in [4.78, 5) is 21.3. The maximum Gasteiger partial charge on any atom is 0.228 e. The van der Waals surface area contributed by atoms with Crippen molar-refractivity contribution in [1.82, 2.24) is 14.9 Å². The van der Waals surface area contributed by atoms with Gasteiger partial charge in [-0.1, -0.05) is 12.1 Å². The molecule has 1 aliphatic heterocycles. The fourth-order valence-corrected chi connectivity index (χ4v) is 3.32. The Labute approximate surface area is 140 Å². The van der Waals surface area contributed by atoms with Crippen molar-refractivity contribution in [2.45, 2.75) is 25.4 Å². The third-order valence-electron chi connectivity index (χ3n) is 4.63. The second-order valence-electron chi connectivity index (χ2n) is 6.25. The van der Waals surface area contributed by atoms with Crippen molar-refractivity contribution in [3.05, 3.63) is 53.9 Å². The van der Waals surface area contributed by atoms with Crippen molar-refractivity contribution < 1.29 is 13.9 Å². The first-order valence-electron chi connectivity index (χ1n) is 8.18. The topological polar surface area (TPSA) is 58.2 Å². The standard InChI is InChI=1S/C18H22FN3O2/c1-24-17-6-7-22(18(23)9-16-10-20-12-21-16)11-14(17)8-13-2-4-15(19)5-3-13/h2-5,10,12,14,17H,6-9,11H2,1H3,(H,20,21)/t14-,17+/m1/s1. The molecule has 24 heavy (non-hydrogen) atoms. The number of imidazole rings is 1. The van der Waals surface area contributed by atoms with Crippen molar-refractivity contribution >= 4 is 5.91 Å². The highest BCUT2D eigenvalue weighted by atomic mass is 19.1. The summed E-state index contributed by atoms with van der Waals surface area (Å²) in [6.45, 7) is 1.36. The van der Waals surface area contributed by atoms with Gasteiger partial charge in [-0.25, -0.2) is 9.37 Å². The minimum Gasteiger partial charge on any atom is -0.381 e. The molecule has 1 aromatic heterocycles. The van der Waals surface area contributed by atoms with Crippen molar-refractivity contribution in [2.75, 3.05) is 20.2 Å². The highest BCUT2D eigenvalue weighted by molar-refractivity contribution is 5.78. The van der Waals surface area contributed by atoms with Crippen LogP contribution in [-0.2, 0) is 22.4 Å². The summed E-state index contributed by atoms with van der Waals surface area (Å²) >= 11 is 0. The fourth-order valence-electron chi connectivity index (χ4n) is 3.32. The molecular formula is C18H22FN3O2. The lowest BCUT2D eigenvalue weighted by Crippen LogP contribution is -2.47. The molecule has 0 radical (unpaired) electrons. The number of piperidine rings is 1. The van der Waals surface area contributed by atoms with Crippen LogP contribution in [0.5, 0.6) is 0 Å². The third-order valence-corrected chi connectivity index (χ3v) is 4.63. The van der Waals surface area contributed by atoms with Crippen LogP contribution in [-0.4, -0.2) is 47.1 Å². The number of methoxy groups -OCH3 is 1. The maximum atomic E-state index is 13.1. The third kappa shape index (κ3) is 4.00. The molecule has 1 aromatic carbocycles. The monoisotopic (exact) mass is 331 g/mol. The van der Waals surface area contributed by atoms with Crippen LogP contribution in [0.15, 0.2) is 36.8 Å². The Morgan fingerprint density at radius 2 is 2.21 bits per heavy atom. The SMILES string of the molecule is CO[C@H]1CCN(C(=O)Cc2cnc[nH]2)C[C@H]1Cc1ccc(F)cc1. The minimum absolute atomic E-state index is 0.0953. The van der Waals surface area contributed by atoms with Crippen molar-refractivity contribution in [2.24, 2.45) is 5.92 Å². The first kappa shape index (κ1) is 16.6. The number of halogens is 1. The van der Waals surface area contributed by atoms with Gasteiger partial charge in [0.25, 0.3) is 0 Å². The van der Waals surface area contributed by atoms with Gasteiger partial charge in [-0.2, -0.15) is 0 Å². The molecule has 0 bridgehead atoms. The summed E-state index contributed by atoms with van der Waals surface area (Å²) in [6, 6.07) is 6.54. The van der Waals surface area contributed by atoms with E-state index in [4.69, 9.17) is 4.74 Å². The van der Waals surface area contributed by atoms with E-state index in [0.717, 1.165) is 24.1 Å². The summed E-state index contributed by atoms with van der Waals surface area (Å²) in [5, 5.41) is 0. The summed E-state index contributed by atoms with van der Waals surface area (Å²) in [7, 11) is 1.71. The number of aromatic amines is 1. The molecule has 128 valence electrons. The van der Waals surface area contributed by atoms with Gasteiger partial charge in [0.2, 0.25) is 5.91 Å². The normalized spacial score (nSPS) is 21.0. The zero-order chi connectivity index (χ0) is 16.9. The molecule has 1 aliphatic rings. The highest BCUT2D eigenvalue weighted by Gasteiger charge is 2.31. The highest BCUT2D eigenvalue weighted by Crippen LogP contribution is 2.24. The molecule has 1 saturated heterocycles. The molecule has 0 spiro atoms. The van der Waals surface area contributed by atoms with E-state index >= 15 is 0 Å². The smallest absolute Gasteiger partial charge is 0.228 e. The number of benzene rings is 1. The molecule has 1 fully saturated rings. The number of nitrogens with one attached hydrogen (secondary N) is 1. The van der Waals surface area contributed by atoms with Gasteiger partial charge in [0, 0.05) is 38.0 Å². The largest absolute Gasteiger partial charge is 0.381 e. The van der Waals surface area contributed by atoms with Gasteiger partial charge in [0.15, 0.2) is 0 Å². The predicted octanol–water partition coefficient (Wildman–Crippen LogP) is 2.20. The van der Waals surface area contributed by atoms with Crippen LogP contribution in [0, 0.1) is 11.7 Å². The first-order chi connectivity index (χ1) is 11.7. The maximum absolute atomic E-state index is 13.1. The number of aromatic nitrogens is 2. The molecule has 0 aliphatic carbocycles. The van der Waals surface area contributed by atoms with E-state index in [0.29, 0.717) is 19.5 Å². The quantitative estimate of drug-likeness (QED) is 0.914. The van der Waals surface area contributed by atoms with Crippen LogP contribution in [0.1, 0.15) is 17.7 Å². The van der Waals surface area contributed by atoms with Gasteiger partial charge in [-0.15, -0.1) is 0 Å². The minimum atomic E-state index is -0.234. The van der Waals surface area contributed by atoms with Crippen molar-refractivity contribution in [1.29, 1.82) is 0 Å². The molecule has 0 unspecified atom stereocenters. The molecule has 0 saturated carbocycles. The van der Waals surface area contributed by atoms with Crippen LogP contribution in [0.2, 0.25) is 0 Å². The van der Waals surface area contributed by atoms with Crippen LogP contribution in [0.4, 0.5) is 4.39 Å². The van der Waals surface area contributed by atoms with Crippen LogP contribution >= 0.6 is 0 Å². The van der Waals surface area contributed by atoms with E-state index in [1.807, 2.05) is 4.90 Å². The number of likely N-dealkylation sites (tertiary alicyclic amines) is 1. The average molecular weight is 331 g/mol. The average Bonchev–Trinajstić information content (AvgIpc) is 3.10. The molecule has 3 rings (SSSR count). The van der Waals surface area contributed by atoms with Crippen molar-refractivity contribution in [3.63, 3.8) is 0 Å². The van der Waals surface area contributed by atoms with E-state index in [9.17, 15) is 9.18 Å². The van der Waals surface area contributed by atoms with E-state index < -0.39 is 0 Å². The summed E-state index contributed by atoms with van der Waals surface area (Å²) < 4.78 is 18.7. The van der Waals surface area contributed by atoms with Crippen LogP contribution in [0.25, 0.3) is 0 Å². The molecule has 1 N–H and O–H groups in total. The second-order valence-corrected chi connectivity index (χ2v) is 6.25. The number of carbonyl (C=O) groups excluding carboxylic acids is 1. The number of carbonyl (C=O) groups is 1. The van der Waals surface area contributed by atoms with Gasteiger partial charge < -0.3 is 14.6 Å². The Morgan fingerprint density at radius 1 is 1.42 bits per heavy atom. The van der Waals surface area contributed by atoms with Crippen molar-refractivity contribution in [3.8, 4) is 0 Å². The Balaban J connectivity index is 1.64. The van der Waals surface area contributed by atoms with Crippen LogP contribution in [0.3, 0.4) is 0 Å². The van der Waals surface area contributed by atoms with Gasteiger partial charge in [-0.3, -0.25) is 4.79 Å². The van der Waals surface area contributed by atoms with Gasteiger partial charge in [-0.05, 0) is 30.5 Å². The summed E-state index contributed by atoms with van der Waals surface area (Å²) in [6.07, 6.45) is 5.30. The number of hydrogen-bond donors (Lipinski definition) is 1. The molecule has 2 heterocycles. The Hall–Kier alpha value is -2.21. The zero-order valence-corrected chi connectivity index (χ0v) is 13.7. The van der Waals surface area contributed by atoms with Gasteiger partial charge in [0.05, 0.1) is 18.9 Å². The first-order valence-corrected chi connectivity index (χ1v) is 8.18. The molecule has 1 amide bonds. The lowest BCUT2D eigenvalue weighted by Gasteiger charge is -2.38. The number of nitrogens with zero attached hydrogens (tertiary/aromatic N) is 2. The van der Waals surface area contributed by atoms with E-state index in [1.54, 1.807) is 31.8 Å². The Morgan fingerprint density at radius 3 is 2.88 bits per heavy atom. The van der Waals surface area contributed by atoms with E-state index in [2.05, 4.69) is 9.97 Å². The Kier molecular flexibility index (Phi) is 5.25. The lowest BCUT2D eigenvalue weighted by molar-refractivity contribution is -0.134. The molecular weight excluding hydrogens is 309 g/mol. The molecule has 2 atom stereocenters. The summed E-state index contributed by atoms with van der Waals surface area (Å²) in [5.41, 5.74) is 1.88. The predicted molar refractivity (Wildman–Crippen MR) is 87.9 cm³/mol. The van der Waals surface area contributed by atoms with Crippen LogP contribution < -0.4 is 0 Å². The van der Waals surface area contributed by atoms with Gasteiger partial charge in [0.1, 0.15) is 5.82 Å². The zero-order valence-electron chi connectivity index (χ0n) is 13.7. The number of hydrogen-bond acceptors (Lipinski definition) is 3. The number of amides is 1.